The lowest BCUT2D eigenvalue weighted by Gasteiger charge is -2.22. The SMILES string of the molecule is C[C@@H](OC(=O)C[C@H](NC(N)=O)c1ccc(Cl)cc1)C(=O)NC(=O)NC(C)(C)C. The van der Waals surface area contributed by atoms with Crippen molar-refractivity contribution in [3.05, 3.63) is 34.9 Å². The van der Waals surface area contributed by atoms with E-state index in [0.717, 1.165) is 0 Å². The van der Waals surface area contributed by atoms with Gasteiger partial charge in [-0.05, 0) is 45.4 Å². The zero-order chi connectivity index (χ0) is 21.5. The molecule has 9 nitrogen and oxygen atoms in total. The summed E-state index contributed by atoms with van der Waals surface area (Å²) in [6, 6.07) is 4.17. The second kappa shape index (κ2) is 9.93. The molecule has 0 heterocycles. The van der Waals surface area contributed by atoms with E-state index in [0.29, 0.717) is 10.6 Å². The number of imide groups is 1. The molecule has 0 aromatic heterocycles. The number of primary amides is 1. The molecule has 0 aliphatic rings. The minimum Gasteiger partial charge on any atom is -0.452 e. The molecule has 0 spiro atoms. The van der Waals surface area contributed by atoms with Gasteiger partial charge in [0, 0.05) is 10.6 Å². The van der Waals surface area contributed by atoms with Crippen LogP contribution in [0.15, 0.2) is 24.3 Å². The molecule has 1 aromatic carbocycles. The van der Waals surface area contributed by atoms with E-state index in [-0.39, 0.29) is 6.42 Å². The fourth-order valence-electron chi connectivity index (χ4n) is 2.17. The Morgan fingerprint density at radius 1 is 1.14 bits per heavy atom. The summed E-state index contributed by atoms with van der Waals surface area (Å²) in [7, 11) is 0. The average molecular weight is 413 g/mol. The number of nitrogens with two attached hydrogens (primary N) is 1. The largest absolute Gasteiger partial charge is 0.452 e. The number of benzene rings is 1. The van der Waals surface area contributed by atoms with Crippen LogP contribution < -0.4 is 21.7 Å². The van der Waals surface area contributed by atoms with Crippen LogP contribution in [0.3, 0.4) is 0 Å². The highest BCUT2D eigenvalue weighted by atomic mass is 35.5. The summed E-state index contributed by atoms with van der Waals surface area (Å²) in [5.74, 6) is -1.53. The lowest BCUT2D eigenvalue weighted by Crippen LogP contribution is -2.50. The number of hydrogen-bond acceptors (Lipinski definition) is 5. The highest BCUT2D eigenvalue weighted by Gasteiger charge is 2.24. The van der Waals surface area contributed by atoms with Gasteiger partial charge in [0.2, 0.25) is 0 Å². The van der Waals surface area contributed by atoms with Crippen molar-refractivity contribution in [1.29, 1.82) is 0 Å². The van der Waals surface area contributed by atoms with Gasteiger partial charge in [0.1, 0.15) is 0 Å². The summed E-state index contributed by atoms with van der Waals surface area (Å²) in [6.45, 7) is 6.59. The van der Waals surface area contributed by atoms with E-state index >= 15 is 0 Å². The van der Waals surface area contributed by atoms with Gasteiger partial charge in [0.25, 0.3) is 5.91 Å². The second-order valence-electron chi connectivity index (χ2n) is 7.14. The van der Waals surface area contributed by atoms with Gasteiger partial charge in [-0.15, -0.1) is 0 Å². The van der Waals surface area contributed by atoms with Crippen molar-refractivity contribution in [2.75, 3.05) is 0 Å². The Bertz CT molecular complexity index is 730. The Hall–Kier alpha value is -2.81. The maximum Gasteiger partial charge on any atom is 0.321 e. The van der Waals surface area contributed by atoms with Crippen molar-refractivity contribution in [3.8, 4) is 0 Å². The number of ether oxygens (including phenoxy) is 1. The molecule has 2 atom stereocenters. The molecule has 0 radical (unpaired) electrons. The second-order valence-corrected chi connectivity index (χ2v) is 7.58. The lowest BCUT2D eigenvalue weighted by molar-refractivity contribution is -0.154. The topological polar surface area (TPSA) is 140 Å². The lowest BCUT2D eigenvalue weighted by atomic mass is 10.0. The molecule has 0 saturated heterocycles. The molecule has 5 amide bonds. The number of rotatable bonds is 6. The van der Waals surface area contributed by atoms with Crippen LogP contribution in [0.25, 0.3) is 0 Å². The first-order valence-corrected chi connectivity index (χ1v) is 8.89. The third-order valence-electron chi connectivity index (χ3n) is 3.36. The van der Waals surface area contributed by atoms with Crippen LogP contribution in [0.2, 0.25) is 5.02 Å². The van der Waals surface area contributed by atoms with E-state index < -0.39 is 41.6 Å². The van der Waals surface area contributed by atoms with E-state index in [4.69, 9.17) is 22.1 Å². The van der Waals surface area contributed by atoms with Crippen LogP contribution in [0.1, 0.15) is 45.7 Å². The third kappa shape index (κ3) is 8.72. The van der Waals surface area contributed by atoms with Gasteiger partial charge in [-0.3, -0.25) is 14.9 Å². The van der Waals surface area contributed by atoms with Crippen molar-refractivity contribution >= 4 is 35.5 Å². The number of halogens is 1. The first-order valence-electron chi connectivity index (χ1n) is 8.51. The van der Waals surface area contributed by atoms with E-state index in [1.807, 2.05) is 0 Å². The summed E-state index contributed by atoms with van der Waals surface area (Å²) >= 11 is 5.83. The summed E-state index contributed by atoms with van der Waals surface area (Å²) in [6.07, 6.45) is -1.48. The molecule has 1 aromatic rings. The van der Waals surface area contributed by atoms with E-state index in [2.05, 4.69) is 16.0 Å². The van der Waals surface area contributed by atoms with Crippen molar-refractivity contribution in [2.24, 2.45) is 5.73 Å². The Balaban J connectivity index is 2.67. The number of hydrogen-bond donors (Lipinski definition) is 4. The maximum absolute atomic E-state index is 12.2. The molecule has 5 N–H and O–H groups in total. The monoisotopic (exact) mass is 412 g/mol. The molecular weight excluding hydrogens is 388 g/mol. The molecule has 1 rings (SSSR count). The van der Waals surface area contributed by atoms with Crippen molar-refractivity contribution < 1.29 is 23.9 Å². The molecule has 0 saturated carbocycles. The fourth-order valence-corrected chi connectivity index (χ4v) is 2.30. The molecule has 10 heteroatoms. The molecule has 28 heavy (non-hydrogen) atoms. The summed E-state index contributed by atoms with van der Waals surface area (Å²) < 4.78 is 5.05. The number of carbonyl (C=O) groups excluding carboxylic acids is 4. The minimum absolute atomic E-state index is 0.267. The summed E-state index contributed by atoms with van der Waals surface area (Å²) in [5, 5.41) is 7.58. The molecular formula is C18H25ClN4O5. The summed E-state index contributed by atoms with van der Waals surface area (Å²) in [4.78, 5) is 47.1. The molecule has 0 fully saturated rings. The Morgan fingerprint density at radius 2 is 1.71 bits per heavy atom. The first-order chi connectivity index (χ1) is 12.9. The molecule has 0 aliphatic carbocycles. The zero-order valence-corrected chi connectivity index (χ0v) is 16.9. The van der Waals surface area contributed by atoms with Crippen molar-refractivity contribution in [1.82, 2.24) is 16.0 Å². The molecule has 0 bridgehead atoms. The highest BCUT2D eigenvalue weighted by Crippen LogP contribution is 2.20. The molecule has 0 unspecified atom stereocenters. The highest BCUT2D eigenvalue weighted by molar-refractivity contribution is 6.30. The van der Waals surface area contributed by atoms with E-state index in [1.54, 1.807) is 45.0 Å². The van der Waals surface area contributed by atoms with Crippen LogP contribution in [-0.4, -0.2) is 35.6 Å². The summed E-state index contributed by atoms with van der Waals surface area (Å²) in [5.41, 5.74) is 5.21. The van der Waals surface area contributed by atoms with Crippen LogP contribution >= 0.6 is 11.6 Å². The number of carbonyl (C=O) groups is 4. The predicted octanol–water partition coefficient (Wildman–Crippen LogP) is 2.00. The number of nitrogens with one attached hydrogen (secondary N) is 3. The van der Waals surface area contributed by atoms with Crippen molar-refractivity contribution in [2.45, 2.75) is 51.8 Å². The van der Waals surface area contributed by atoms with Crippen molar-refractivity contribution in [3.63, 3.8) is 0 Å². The maximum atomic E-state index is 12.2. The Labute approximate surface area is 168 Å². The quantitative estimate of drug-likeness (QED) is 0.529. The number of urea groups is 2. The molecule has 0 aliphatic heterocycles. The first kappa shape index (κ1) is 23.2. The smallest absolute Gasteiger partial charge is 0.321 e. The van der Waals surface area contributed by atoms with Gasteiger partial charge in [-0.25, -0.2) is 9.59 Å². The fraction of sp³-hybridized carbons (Fsp3) is 0.444. The van der Waals surface area contributed by atoms with Gasteiger partial charge >= 0.3 is 18.0 Å². The number of amides is 5. The van der Waals surface area contributed by atoms with E-state index in [1.165, 1.54) is 6.92 Å². The van der Waals surface area contributed by atoms with Gasteiger partial charge in [-0.2, -0.15) is 0 Å². The van der Waals surface area contributed by atoms with Crippen LogP contribution in [0.4, 0.5) is 9.59 Å². The zero-order valence-electron chi connectivity index (χ0n) is 16.2. The predicted molar refractivity (Wildman–Crippen MR) is 104 cm³/mol. The van der Waals surface area contributed by atoms with Gasteiger partial charge < -0.3 is 21.1 Å². The van der Waals surface area contributed by atoms with Gasteiger partial charge in [-0.1, -0.05) is 23.7 Å². The minimum atomic E-state index is -1.21. The van der Waals surface area contributed by atoms with Crippen LogP contribution in [0, 0.1) is 0 Å². The Morgan fingerprint density at radius 3 is 2.21 bits per heavy atom. The van der Waals surface area contributed by atoms with Crippen LogP contribution in [0.5, 0.6) is 0 Å². The Kier molecular flexibility index (Phi) is 8.24. The molecule has 154 valence electrons. The average Bonchev–Trinajstić information content (AvgIpc) is 2.52. The van der Waals surface area contributed by atoms with Gasteiger partial charge in [0.15, 0.2) is 6.10 Å². The standard InChI is InChI=1S/C18H25ClN4O5/c1-10(15(25)22-17(27)23-18(2,3)4)28-14(24)9-13(21-16(20)26)11-5-7-12(19)8-6-11/h5-8,10,13H,9H2,1-4H3,(H3,20,21,26)(H2,22,23,25,27)/t10-,13+/m1/s1. The normalized spacial score (nSPS) is 13.0. The number of esters is 1. The van der Waals surface area contributed by atoms with Crippen LogP contribution in [-0.2, 0) is 14.3 Å². The third-order valence-corrected chi connectivity index (χ3v) is 3.61. The van der Waals surface area contributed by atoms with E-state index in [9.17, 15) is 19.2 Å². The van der Waals surface area contributed by atoms with Gasteiger partial charge in [0.05, 0.1) is 12.5 Å².